The molecule has 1 aromatic rings. The van der Waals surface area contributed by atoms with Gasteiger partial charge in [-0.2, -0.15) is 0 Å². The molecule has 1 fully saturated rings. The normalized spacial score (nSPS) is 18.5. The highest BCUT2D eigenvalue weighted by Crippen LogP contribution is 2.32. The summed E-state index contributed by atoms with van der Waals surface area (Å²) in [4.78, 5) is 1.28. The van der Waals surface area contributed by atoms with Gasteiger partial charge in [0.25, 0.3) is 0 Å². The highest BCUT2D eigenvalue weighted by molar-refractivity contribution is 7.17. The molecule has 0 atom stereocenters. The molecule has 1 aliphatic carbocycles. The van der Waals surface area contributed by atoms with E-state index in [2.05, 4.69) is 38.2 Å². The minimum atomic E-state index is 0.168. The number of nitrogens with one attached hydrogen (secondary N) is 1. The second-order valence-electron chi connectivity index (χ2n) is 6.80. The molecule has 0 spiro atoms. The fourth-order valence-corrected chi connectivity index (χ4v) is 3.78. The van der Waals surface area contributed by atoms with Crippen LogP contribution in [0.2, 0.25) is 4.34 Å². The van der Waals surface area contributed by atoms with Gasteiger partial charge < -0.3 is 5.32 Å². The van der Waals surface area contributed by atoms with E-state index in [0.717, 1.165) is 16.8 Å². The summed E-state index contributed by atoms with van der Waals surface area (Å²) in [6.07, 6.45) is 9.21. The van der Waals surface area contributed by atoms with Gasteiger partial charge in [-0.3, -0.25) is 0 Å². The van der Waals surface area contributed by atoms with Gasteiger partial charge in [0, 0.05) is 17.0 Å². The van der Waals surface area contributed by atoms with E-state index in [1.165, 1.54) is 37.0 Å². The van der Waals surface area contributed by atoms with Crippen LogP contribution in [0, 0.1) is 5.92 Å². The fourth-order valence-electron chi connectivity index (χ4n) is 2.74. The Morgan fingerprint density at radius 1 is 1.30 bits per heavy atom. The Bertz CT molecular complexity index is 450. The zero-order valence-corrected chi connectivity index (χ0v) is 14.4. The summed E-state index contributed by atoms with van der Waals surface area (Å²) in [6, 6.07) is 4.13. The van der Waals surface area contributed by atoms with Crippen molar-refractivity contribution < 1.29 is 0 Å². The maximum absolute atomic E-state index is 6.05. The minimum absolute atomic E-state index is 0.168. The summed E-state index contributed by atoms with van der Waals surface area (Å²) >= 11 is 7.73. The van der Waals surface area contributed by atoms with Gasteiger partial charge in [0.05, 0.1) is 4.34 Å². The fraction of sp³-hybridized carbons (Fsp3) is 0.647. The first-order chi connectivity index (χ1) is 9.44. The Morgan fingerprint density at radius 3 is 2.55 bits per heavy atom. The topological polar surface area (TPSA) is 12.0 Å². The van der Waals surface area contributed by atoms with E-state index in [9.17, 15) is 0 Å². The lowest BCUT2D eigenvalue weighted by atomic mass is 9.83. The van der Waals surface area contributed by atoms with E-state index in [1.54, 1.807) is 16.9 Å². The third kappa shape index (κ3) is 5.23. The monoisotopic (exact) mass is 311 g/mol. The van der Waals surface area contributed by atoms with Crippen LogP contribution in [0.4, 0.5) is 0 Å². The lowest BCUT2D eigenvalue weighted by Crippen LogP contribution is -2.38. The van der Waals surface area contributed by atoms with Crippen LogP contribution < -0.4 is 5.32 Å². The average molecular weight is 312 g/mol. The van der Waals surface area contributed by atoms with Crippen LogP contribution in [0.15, 0.2) is 17.7 Å². The molecule has 3 heteroatoms. The van der Waals surface area contributed by atoms with Gasteiger partial charge >= 0.3 is 0 Å². The maximum atomic E-state index is 6.05. The third-order valence-corrected chi connectivity index (χ3v) is 5.05. The van der Waals surface area contributed by atoms with E-state index in [-0.39, 0.29) is 5.54 Å². The van der Waals surface area contributed by atoms with Crippen LogP contribution >= 0.6 is 22.9 Å². The van der Waals surface area contributed by atoms with E-state index in [0.29, 0.717) is 0 Å². The summed E-state index contributed by atoms with van der Waals surface area (Å²) in [5.41, 5.74) is 1.72. The van der Waals surface area contributed by atoms with Crippen LogP contribution in [0.5, 0.6) is 0 Å². The lowest BCUT2D eigenvalue weighted by Gasteiger charge is -2.28. The molecule has 0 amide bonds. The average Bonchev–Trinajstić information content (AvgIpc) is 2.80. The SMILES string of the molecule is CC(C)(C)NC/C(=C/c1ccc(Cl)s1)C1CCCCC1. The van der Waals surface area contributed by atoms with Crippen molar-refractivity contribution in [1.82, 2.24) is 5.32 Å². The Hall–Kier alpha value is -0.310. The van der Waals surface area contributed by atoms with Crippen LogP contribution in [0.1, 0.15) is 57.8 Å². The lowest BCUT2D eigenvalue weighted by molar-refractivity contribution is 0.378. The van der Waals surface area contributed by atoms with Crippen LogP contribution in [0.25, 0.3) is 6.08 Å². The van der Waals surface area contributed by atoms with Gasteiger partial charge in [-0.1, -0.05) is 36.4 Å². The second kappa shape index (κ2) is 7.11. The molecule has 0 aliphatic heterocycles. The van der Waals surface area contributed by atoms with Gasteiger partial charge in [0.2, 0.25) is 0 Å². The molecule has 1 heterocycles. The van der Waals surface area contributed by atoms with Crippen molar-refractivity contribution in [3.63, 3.8) is 0 Å². The minimum Gasteiger partial charge on any atom is -0.308 e. The zero-order valence-electron chi connectivity index (χ0n) is 12.8. The van der Waals surface area contributed by atoms with Crippen LogP contribution in [0.3, 0.4) is 0 Å². The quantitative estimate of drug-likeness (QED) is 0.746. The first-order valence-electron chi connectivity index (χ1n) is 7.65. The van der Waals surface area contributed by atoms with Crippen molar-refractivity contribution in [2.75, 3.05) is 6.54 Å². The number of rotatable bonds is 4. The van der Waals surface area contributed by atoms with Crippen molar-refractivity contribution in [3.05, 3.63) is 26.9 Å². The smallest absolute Gasteiger partial charge is 0.0934 e. The van der Waals surface area contributed by atoms with Gasteiger partial charge in [-0.15, -0.1) is 11.3 Å². The van der Waals surface area contributed by atoms with Crippen molar-refractivity contribution in [1.29, 1.82) is 0 Å². The summed E-state index contributed by atoms with van der Waals surface area (Å²) in [7, 11) is 0. The van der Waals surface area contributed by atoms with Crippen molar-refractivity contribution >= 4 is 29.0 Å². The Morgan fingerprint density at radius 2 is 2.00 bits per heavy atom. The Kier molecular flexibility index (Phi) is 5.71. The summed E-state index contributed by atoms with van der Waals surface area (Å²) in [5.74, 6) is 0.750. The molecule has 1 nitrogen and oxygen atoms in total. The van der Waals surface area contributed by atoms with Gasteiger partial charge in [0.1, 0.15) is 0 Å². The van der Waals surface area contributed by atoms with E-state index in [1.807, 2.05) is 6.07 Å². The predicted molar refractivity (Wildman–Crippen MR) is 91.6 cm³/mol. The molecule has 0 saturated heterocycles. The van der Waals surface area contributed by atoms with Gasteiger partial charge in [-0.25, -0.2) is 0 Å². The summed E-state index contributed by atoms with van der Waals surface area (Å²) in [5, 5.41) is 3.65. The molecule has 1 aliphatic rings. The van der Waals surface area contributed by atoms with Crippen LogP contribution in [-0.4, -0.2) is 12.1 Å². The summed E-state index contributed by atoms with van der Waals surface area (Å²) < 4.78 is 0.878. The zero-order chi connectivity index (χ0) is 14.6. The molecule has 0 aromatic carbocycles. The Labute approximate surface area is 132 Å². The molecule has 1 saturated carbocycles. The second-order valence-corrected chi connectivity index (χ2v) is 8.55. The van der Waals surface area contributed by atoms with Crippen molar-refractivity contribution in [2.24, 2.45) is 5.92 Å². The highest BCUT2D eigenvalue weighted by atomic mass is 35.5. The molecule has 0 unspecified atom stereocenters. The first kappa shape index (κ1) is 16.1. The van der Waals surface area contributed by atoms with Crippen molar-refractivity contribution in [3.8, 4) is 0 Å². The van der Waals surface area contributed by atoms with E-state index < -0.39 is 0 Å². The molecular weight excluding hydrogens is 286 g/mol. The van der Waals surface area contributed by atoms with Crippen molar-refractivity contribution in [2.45, 2.75) is 58.4 Å². The molecule has 20 heavy (non-hydrogen) atoms. The highest BCUT2D eigenvalue weighted by Gasteiger charge is 2.19. The molecule has 1 aromatic heterocycles. The van der Waals surface area contributed by atoms with Crippen LogP contribution in [-0.2, 0) is 0 Å². The summed E-state index contributed by atoms with van der Waals surface area (Å²) in [6.45, 7) is 7.68. The molecular formula is C17H26ClNS. The first-order valence-corrected chi connectivity index (χ1v) is 8.84. The molecule has 112 valence electrons. The predicted octanol–water partition coefficient (Wildman–Crippen LogP) is 5.75. The number of hydrogen-bond donors (Lipinski definition) is 1. The Balaban J connectivity index is 2.12. The number of halogens is 1. The molecule has 2 rings (SSSR count). The maximum Gasteiger partial charge on any atom is 0.0934 e. The van der Waals surface area contributed by atoms with E-state index in [4.69, 9.17) is 11.6 Å². The standard InChI is InChI=1S/C17H26ClNS/c1-17(2,3)19-12-14(13-7-5-4-6-8-13)11-15-9-10-16(18)20-15/h9-11,13,19H,4-8,12H2,1-3H3/b14-11-. The molecule has 0 radical (unpaired) electrons. The van der Waals surface area contributed by atoms with Gasteiger partial charge in [0.15, 0.2) is 0 Å². The number of thiophene rings is 1. The molecule has 1 N–H and O–H groups in total. The molecule has 0 bridgehead atoms. The third-order valence-electron chi connectivity index (χ3n) is 3.87. The largest absolute Gasteiger partial charge is 0.308 e. The van der Waals surface area contributed by atoms with Gasteiger partial charge in [-0.05, 0) is 57.7 Å². The van der Waals surface area contributed by atoms with E-state index >= 15 is 0 Å². The number of hydrogen-bond acceptors (Lipinski definition) is 2.